The lowest BCUT2D eigenvalue weighted by atomic mass is 9.99. The quantitative estimate of drug-likeness (QED) is 0.862. The number of rotatable bonds is 4. The van der Waals surface area contributed by atoms with Gasteiger partial charge in [0, 0.05) is 32.5 Å². The Morgan fingerprint density at radius 2 is 1.76 bits per heavy atom. The molecule has 118 valence electrons. The number of methoxy groups -OCH3 is 1. The van der Waals surface area contributed by atoms with Crippen molar-refractivity contribution >= 4 is 15.7 Å². The molecule has 1 saturated heterocycles. The molecule has 0 spiro atoms. The fourth-order valence-electron chi connectivity index (χ4n) is 3.07. The molecule has 0 unspecified atom stereocenters. The first-order chi connectivity index (χ1) is 9.86. The summed E-state index contributed by atoms with van der Waals surface area (Å²) in [6.45, 7) is 5.41. The Balaban J connectivity index is 2.24. The number of aryl methyl sites for hydroxylation is 2. The minimum Gasteiger partial charge on any atom is -0.399 e. The molecule has 0 saturated carbocycles. The molecule has 1 aliphatic rings. The van der Waals surface area contributed by atoms with Crippen LogP contribution in [0, 0.1) is 19.8 Å². The molecule has 2 N–H and O–H groups in total. The van der Waals surface area contributed by atoms with Gasteiger partial charge in [0.15, 0.2) is 0 Å². The minimum absolute atomic E-state index is 0.405. The maximum atomic E-state index is 12.9. The van der Waals surface area contributed by atoms with Crippen LogP contribution in [0.4, 0.5) is 5.69 Å². The molecule has 5 nitrogen and oxygen atoms in total. The Hall–Kier alpha value is -1.11. The molecular weight excluding hydrogens is 288 g/mol. The molecule has 2 rings (SSSR count). The highest BCUT2D eigenvalue weighted by atomic mass is 32.2. The van der Waals surface area contributed by atoms with Gasteiger partial charge in [-0.05, 0) is 55.9 Å². The van der Waals surface area contributed by atoms with E-state index in [2.05, 4.69) is 0 Å². The number of ether oxygens (including phenoxy) is 1. The van der Waals surface area contributed by atoms with Gasteiger partial charge in [-0.15, -0.1) is 0 Å². The number of nitrogen functional groups attached to an aromatic ring is 1. The maximum Gasteiger partial charge on any atom is 0.243 e. The lowest BCUT2D eigenvalue weighted by Crippen LogP contribution is -2.39. The van der Waals surface area contributed by atoms with Gasteiger partial charge >= 0.3 is 0 Å². The van der Waals surface area contributed by atoms with Crippen molar-refractivity contribution in [3.63, 3.8) is 0 Å². The number of hydrogen-bond acceptors (Lipinski definition) is 4. The van der Waals surface area contributed by atoms with Gasteiger partial charge in [0.2, 0.25) is 10.0 Å². The molecule has 1 aromatic rings. The summed E-state index contributed by atoms with van der Waals surface area (Å²) in [5.74, 6) is 0.454. The van der Waals surface area contributed by atoms with Crippen LogP contribution in [0.5, 0.6) is 0 Å². The third kappa shape index (κ3) is 3.39. The third-order valence-electron chi connectivity index (χ3n) is 4.06. The van der Waals surface area contributed by atoms with Crippen molar-refractivity contribution in [3.05, 3.63) is 23.3 Å². The molecule has 6 heteroatoms. The van der Waals surface area contributed by atoms with Crippen molar-refractivity contribution in [2.45, 2.75) is 31.6 Å². The van der Waals surface area contributed by atoms with Crippen LogP contribution in [-0.2, 0) is 14.8 Å². The highest BCUT2D eigenvalue weighted by molar-refractivity contribution is 7.89. The second-order valence-corrected chi connectivity index (χ2v) is 7.66. The second kappa shape index (κ2) is 6.34. The molecule has 1 fully saturated rings. The minimum atomic E-state index is -3.44. The SMILES string of the molecule is COCC1CCN(S(=O)(=O)c2c(C)cc(N)cc2C)CC1. The standard InChI is InChI=1S/C15H24N2O3S/c1-11-8-14(16)9-12(2)15(11)21(18,19)17-6-4-13(5-7-17)10-20-3/h8-9,13H,4-7,10,16H2,1-3H3. The van der Waals surface area contributed by atoms with E-state index in [1.807, 2.05) is 0 Å². The van der Waals surface area contributed by atoms with Crippen LogP contribution in [0.15, 0.2) is 17.0 Å². The Kier molecular flexibility index (Phi) is 4.91. The van der Waals surface area contributed by atoms with Crippen LogP contribution in [0.1, 0.15) is 24.0 Å². The van der Waals surface area contributed by atoms with E-state index in [1.54, 1.807) is 37.4 Å². The van der Waals surface area contributed by atoms with Gasteiger partial charge in [0.1, 0.15) is 0 Å². The Bertz CT molecular complexity index is 582. The fourth-order valence-corrected chi connectivity index (χ4v) is 4.95. The molecule has 1 aromatic carbocycles. The summed E-state index contributed by atoms with van der Waals surface area (Å²) in [6, 6.07) is 3.44. The average molecular weight is 312 g/mol. The van der Waals surface area contributed by atoms with Crippen molar-refractivity contribution < 1.29 is 13.2 Å². The van der Waals surface area contributed by atoms with Gasteiger partial charge in [-0.3, -0.25) is 0 Å². The number of anilines is 1. The van der Waals surface area contributed by atoms with E-state index >= 15 is 0 Å². The van der Waals surface area contributed by atoms with Crippen molar-refractivity contribution in [1.82, 2.24) is 4.31 Å². The number of hydrogen-bond donors (Lipinski definition) is 1. The van der Waals surface area contributed by atoms with Crippen LogP contribution in [0.25, 0.3) is 0 Å². The molecule has 0 atom stereocenters. The van der Waals surface area contributed by atoms with Crippen LogP contribution < -0.4 is 5.73 Å². The summed E-state index contributed by atoms with van der Waals surface area (Å²) in [5.41, 5.74) is 7.81. The summed E-state index contributed by atoms with van der Waals surface area (Å²) in [5, 5.41) is 0. The fraction of sp³-hybridized carbons (Fsp3) is 0.600. The van der Waals surface area contributed by atoms with Gasteiger partial charge in [0.25, 0.3) is 0 Å². The van der Waals surface area contributed by atoms with Crippen LogP contribution in [0.3, 0.4) is 0 Å². The summed E-state index contributed by atoms with van der Waals surface area (Å²) in [7, 11) is -1.76. The molecule has 21 heavy (non-hydrogen) atoms. The number of piperidine rings is 1. The Labute approximate surface area is 127 Å². The number of nitrogens with zero attached hydrogens (tertiary/aromatic N) is 1. The van der Waals surface area contributed by atoms with Gasteiger partial charge < -0.3 is 10.5 Å². The largest absolute Gasteiger partial charge is 0.399 e. The van der Waals surface area contributed by atoms with Crippen LogP contribution >= 0.6 is 0 Å². The second-order valence-electron chi connectivity index (χ2n) is 5.79. The molecule has 0 amide bonds. The molecule has 0 aliphatic carbocycles. The summed E-state index contributed by atoms with van der Waals surface area (Å²) >= 11 is 0. The van der Waals surface area contributed by atoms with Crippen molar-refractivity contribution in [1.29, 1.82) is 0 Å². The summed E-state index contributed by atoms with van der Waals surface area (Å²) < 4.78 is 32.5. The Morgan fingerprint density at radius 1 is 1.24 bits per heavy atom. The topological polar surface area (TPSA) is 72.6 Å². The smallest absolute Gasteiger partial charge is 0.243 e. The van der Waals surface area contributed by atoms with Crippen LogP contribution in [-0.4, -0.2) is 39.5 Å². The zero-order valence-electron chi connectivity index (χ0n) is 12.9. The zero-order chi connectivity index (χ0) is 15.6. The van der Waals surface area contributed by atoms with E-state index in [-0.39, 0.29) is 0 Å². The van der Waals surface area contributed by atoms with Crippen molar-refractivity contribution in [3.8, 4) is 0 Å². The lowest BCUT2D eigenvalue weighted by Gasteiger charge is -2.31. The molecule has 0 bridgehead atoms. The van der Waals surface area contributed by atoms with E-state index in [0.29, 0.717) is 47.3 Å². The predicted octanol–water partition coefficient (Wildman–Crippen LogP) is 1.93. The van der Waals surface area contributed by atoms with Gasteiger partial charge in [0.05, 0.1) is 4.90 Å². The lowest BCUT2D eigenvalue weighted by molar-refractivity contribution is 0.121. The highest BCUT2D eigenvalue weighted by Gasteiger charge is 2.31. The Morgan fingerprint density at radius 3 is 2.24 bits per heavy atom. The molecular formula is C15H24N2O3S. The van der Waals surface area contributed by atoms with E-state index in [1.165, 1.54) is 0 Å². The first kappa shape index (κ1) is 16.3. The van der Waals surface area contributed by atoms with Crippen molar-refractivity contribution in [2.24, 2.45) is 5.92 Å². The molecule has 1 heterocycles. The summed E-state index contributed by atoms with van der Waals surface area (Å²) in [6.07, 6.45) is 1.69. The first-order valence-corrected chi connectivity index (χ1v) is 8.66. The van der Waals surface area contributed by atoms with Gasteiger partial charge in [-0.25, -0.2) is 8.42 Å². The summed E-state index contributed by atoms with van der Waals surface area (Å²) in [4.78, 5) is 0.405. The van der Waals surface area contributed by atoms with E-state index in [4.69, 9.17) is 10.5 Å². The van der Waals surface area contributed by atoms with E-state index in [0.717, 1.165) is 12.8 Å². The number of nitrogens with two attached hydrogens (primary N) is 1. The molecule has 1 aliphatic heterocycles. The molecule has 0 radical (unpaired) electrons. The van der Waals surface area contributed by atoms with E-state index < -0.39 is 10.0 Å². The monoisotopic (exact) mass is 312 g/mol. The number of sulfonamides is 1. The highest BCUT2D eigenvalue weighted by Crippen LogP contribution is 2.29. The van der Waals surface area contributed by atoms with Crippen LogP contribution in [0.2, 0.25) is 0 Å². The van der Waals surface area contributed by atoms with E-state index in [9.17, 15) is 8.42 Å². The normalized spacial score (nSPS) is 18.0. The zero-order valence-corrected chi connectivity index (χ0v) is 13.7. The molecule has 0 aromatic heterocycles. The predicted molar refractivity (Wildman–Crippen MR) is 83.7 cm³/mol. The average Bonchev–Trinajstić information content (AvgIpc) is 2.38. The first-order valence-electron chi connectivity index (χ1n) is 7.22. The van der Waals surface area contributed by atoms with Gasteiger partial charge in [-0.1, -0.05) is 0 Å². The third-order valence-corrected chi connectivity index (χ3v) is 6.26. The maximum absolute atomic E-state index is 12.9. The van der Waals surface area contributed by atoms with Crippen molar-refractivity contribution in [2.75, 3.05) is 32.5 Å². The van der Waals surface area contributed by atoms with Gasteiger partial charge in [-0.2, -0.15) is 4.31 Å². The number of benzene rings is 1.